The standard InChI is InChI=1S/C32H44BN3O6/c1-30(2,3)40-29(38)36-19-17-35(18-20-36)27-15-13-24(14-16-27)21-26(33-41-31(4,5)32(6,7)42-33)22-34-28(37)39-23-25-11-9-8-10-12-25/h8-16,21H,17-20,22-23H2,1-7H3,(H,34,37). The molecule has 2 aliphatic heterocycles. The van der Waals surface area contributed by atoms with Gasteiger partial charge < -0.3 is 33.9 Å². The number of anilines is 1. The average Bonchev–Trinajstić information content (AvgIpc) is 3.16. The van der Waals surface area contributed by atoms with E-state index in [9.17, 15) is 9.59 Å². The largest absolute Gasteiger partial charge is 0.492 e. The van der Waals surface area contributed by atoms with E-state index in [0.717, 1.165) is 35.4 Å². The minimum atomic E-state index is -0.620. The Kier molecular flexibility index (Phi) is 9.58. The topological polar surface area (TPSA) is 89.6 Å². The summed E-state index contributed by atoms with van der Waals surface area (Å²) >= 11 is 0. The fraction of sp³-hybridized carbons (Fsp3) is 0.500. The second kappa shape index (κ2) is 12.8. The fourth-order valence-electron chi connectivity index (χ4n) is 4.61. The third kappa shape index (κ3) is 8.29. The lowest BCUT2D eigenvalue weighted by Gasteiger charge is -2.36. The lowest BCUT2D eigenvalue weighted by Crippen LogP contribution is -2.50. The van der Waals surface area contributed by atoms with Crippen LogP contribution < -0.4 is 10.2 Å². The van der Waals surface area contributed by atoms with Gasteiger partial charge in [0.15, 0.2) is 0 Å². The van der Waals surface area contributed by atoms with Gasteiger partial charge in [0.2, 0.25) is 0 Å². The third-order valence-electron chi connectivity index (χ3n) is 7.75. The maximum Gasteiger partial charge on any atom is 0.492 e. The van der Waals surface area contributed by atoms with Gasteiger partial charge in [-0.3, -0.25) is 0 Å². The van der Waals surface area contributed by atoms with Crippen molar-refractivity contribution in [2.45, 2.75) is 71.9 Å². The highest BCUT2D eigenvalue weighted by atomic mass is 16.7. The quantitative estimate of drug-likeness (QED) is 0.424. The first-order valence-electron chi connectivity index (χ1n) is 14.6. The Morgan fingerprint density at radius 3 is 2.10 bits per heavy atom. The van der Waals surface area contributed by atoms with Crippen molar-refractivity contribution in [2.24, 2.45) is 0 Å². The number of amides is 2. The number of piperazine rings is 1. The molecule has 0 radical (unpaired) electrons. The smallest absolute Gasteiger partial charge is 0.445 e. The van der Waals surface area contributed by atoms with Crippen molar-refractivity contribution in [2.75, 3.05) is 37.6 Å². The molecule has 42 heavy (non-hydrogen) atoms. The number of nitrogens with one attached hydrogen (secondary N) is 1. The number of alkyl carbamates (subject to hydrolysis) is 1. The van der Waals surface area contributed by atoms with Gasteiger partial charge in [-0.05, 0) is 77.2 Å². The van der Waals surface area contributed by atoms with Crippen LogP contribution in [0, 0.1) is 0 Å². The van der Waals surface area contributed by atoms with Crippen LogP contribution in [-0.2, 0) is 25.4 Å². The van der Waals surface area contributed by atoms with Gasteiger partial charge >= 0.3 is 19.3 Å². The summed E-state index contributed by atoms with van der Waals surface area (Å²) in [5.41, 5.74) is 2.19. The Morgan fingerprint density at radius 2 is 1.52 bits per heavy atom. The summed E-state index contributed by atoms with van der Waals surface area (Å²) in [6.07, 6.45) is 1.21. The molecule has 2 saturated heterocycles. The molecular formula is C32H44BN3O6. The zero-order valence-electron chi connectivity index (χ0n) is 25.9. The molecule has 0 saturated carbocycles. The predicted octanol–water partition coefficient (Wildman–Crippen LogP) is 5.68. The molecule has 9 nitrogen and oxygen atoms in total. The molecular weight excluding hydrogens is 533 g/mol. The first kappa shape index (κ1) is 31.4. The van der Waals surface area contributed by atoms with Crippen LogP contribution >= 0.6 is 0 Å². The van der Waals surface area contributed by atoms with Gasteiger partial charge in [0, 0.05) is 38.4 Å². The molecule has 1 N–H and O–H groups in total. The van der Waals surface area contributed by atoms with Crippen LogP contribution in [0.2, 0.25) is 0 Å². The number of ether oxygens (including phenoxy) is 2. The number of nitrogens with zero attached hydrogens (tertiary/aromatic N) is 2. The first-order chi connectivity index (χ1) is 19.7. The summed E-state index contributed by atoms with van der Waals surface area (Å²) in [5, 5.41) is 2.86. The molecule has 10 heteroatoms. The number of rotatable bonds is 7. The van der Waals surface area contributed by atoms with Crippen molar-refractivity contribution in [1.82, 2.24) is 10.2 Å². The molecule has 0 atom stereocenters. The summed E-state index contributed by atoms with van der Waals surface area (Å²) < 4.78 is 23.5. The van der Waals surface area contributed by atoms with E-state index in [2.05, 4.69) is 22.3 Å². The molecule has 0 aliphatic carbocycles. The van der Waals surface area contributed by atoms with E-state index >= 15 is 0 Å². The van der Waals surface area contributed by atoms with Crippen LogP contribution in [-0.4, -0.2) is 73.7 Å². The SMILES string of the molecule is CC(C)(C)OC(=O)N1CCN(c2ccc(C=C(CNC(=O)OCc3ccccc3)B3OC(C)(C)C(C)(C)O3)cc2)CC1. The molecule has 2 amide bonds. The minimum absolute atomic E-state index is 0.190. The Bertz CT molecular complexity index is 1230. The molecule has 0 bridgehead atoms. The number of hydrogen-bond acceptors (Lipinski definition) is 7. The van der Waals surface area contributed by atoms with Gasteiger partial charge in [-0.1, -0.05) is 48.5 Å². The molecule has 2 aromatic carbocycles. The van der Waals surface area contributed by atoms with Crippen molar-refractivity contribution >= 4 is 31.1 Å². The number of carbonyl (C=O) groups excluding carboxylic acids is 2. The second-order valence-electron chi connectivity index (χ2n) is 12.8. The Hall–Kier alpha value is -3.50. The molecule has 2 heterocycles. The highest BCUT2D eigenvalue weighted by Gasteiger charge is 2.52. The van der Waals surface area contributed by atoms with E-state index in [1.54, 1.807) is 4.90 Å². The van der Waals surface area contributed by atoms with Crippen LogP contribution in [0.1, 0.15) is 59.6 Å². The van der Waals surface area contributed by atoms with Gasteiger partial charge in [-0.2, -0.15) is 0 Å². The Labute approximate surface area is 250 Å². The minimum Gasteiger partial charge on any atom is -0.445 e. The fourth-order valence-corrected chi connectivity index (χ4v) is 4.61. The third-order valence-corrected chi connectivity index (χ3v) is 7.75. The second-order valence-corrected chi connectivity index (χ2v) is 12.8. The maximum absolute atomic E-state index is 12.5. The van der Waals surface area contributed by atoms with E-state index < -0.39 is 30.0 Å². The lowest BCUT2D eigenvalue weighted by atomic mass is 9.77. The van der Waals surface area contributed by atoms with Gasteiger partial charge in [0.1, 0.15) is 12.2 Å². The van der Waals surface area contributed by atoms with Crippen molar-refractivity contribution in [3.63, 3.8) is 0 Å². The van der Waals surface area contributed by atoms with Gasteiger partial charge in [-0.15, -0.1) is 0 Å². The highest BCUT2D eigenvalue weighted by Crippen LogP contribution is 2.38. The van der Waals surface area contributed by atoms with E-state index in [1.165, 1.54) is 0 Å². The zero-order chi connectivity index (χ0) is 30.5. The van der Waals surface area contributed by atoms with E-state index in [1.807, 2.05) is 97.0 Å². The average molecular weight is 578 g/mol. The van der Waals surface area contributed by atoms with Crippen LogP contribution in [0.4, 0.5) is 15.3 Å². The summed E-state index contributed by atoms with van der Waals surface area (Å²) in [7, 11) is -0.620. The van der Waals surface area contributed by atoms with Gasteiger partial charge in [0.05, 0.1) is 11.2 Å². The van der Waals surface area contributed by atoms with Crippen molar-refractivity contribution in [3.8, 4) is 0 Å². The molecule has 4 rings (SSSR count). The van der Waals surface area contributed by atoms with Crippen molar-refractivity contribution in [1.29, 1.82) is 0 Å². The lowest BCUT2D eigenvalue weighted by molar-refractivity contribution is 0.00578. The number of hydrogen-bond donors (Lipinski definition) is 1. The summed E-state index contributed by atoms with van der Waals surface area (Å²) in [4.78, 5) is 28.9. The molecule has 0 aromatic heterocycles. The monoisotopic (exact) mass is 577 g/mol. The van der Waals surface area contributed by atoms with E-state index in [-0.39, 0.29) is 19.2 Å². The van der Waals surface area contributed by atoms with Crippen LogP contribution in [0.5, 0.6) is 0 Å². The first-order valence-corrected chi connectivity index (χ1v) is 14.6. The summed E-state index contributed by atoms with van der Waals surface area (Å²) in [6, 6.07) is 17.8. The van der Waals surface area contributed by atoms with E-state index in [4.69, 9.17) is 18.8 Å². The van der Waals surface area contributed by atoms with Crippen LogP contribution in [0.15, 0.2) is 60.1 Å². The molecule has 2 fully saturated rings. The summed E-state index contributed by atoms with van der Waals surface area (Å²) in [5.74, 6) is 0. The number of benzene rings is 2. The van der Waals surface area contributed by atoms with Crippen LogP contribution in [0.25, 0.3) is 6.08 Å². The van der Waals surface area contributed by atoms with Crippen molar-refractivity contribution in [3.05, 3.63) is 71.2 Å². The molecule has 2 aromatic rings. The predicted molar refractivity (Wildman–Crippen MR) is 165 cm³/mol. The maximum atomic E-state index is 12.5. The molecule has 2 aliphatic rings. The van der Waals surface area contributed by atoms with Crippen LogP contribution in [0.3, 0.4) is 0 Å². The zero-order valence-corrected chi connectivity index (χ0v) is 25.9. The van der Waals surface area contributed by atoms with E-state index in [0.29, 0.717) is 13.1 Å². The van der Waals surface area contributed by atoms with Gasteiger partial charge in [0.25, 0.3) is 0 Å². The molecule has 0 unspecified atom stereocenters. The highest BCUT2D eigenvalue weighted by molar-refractivity contribution is 6.56. The van der Waals surface area contributed by atoms with Gasteiger partial charge in [-0.25, -0.2) is 9.59 Å². The molecule has 226 valence electrons. The summed E-state index contributed by atoms with van der Waals surface area (Å²) in [6.45, 7) is 16.7. The van der Waals surface area contributed by atoms with Crippen molar-refractivity contribution < 1.29 is 28.4 Å². The Balaban J connectivity index is 1.41. The molecule has 0 spiro atoms. The normalized spacial score (nSPS) is 18.5. The Morgan fingerprint density at radius 1 is 0.929 bits per heavy atom. The number of carbonyl (C=O) groups is 2.